The molecule has 0 spiro atoms. The van der Waals surface area contributed by atoms with Crippen LogP contribution in [0.5, 0.6) is 0 Å². The normalized spacial score (nSPS) is 12.4. The van der Waals surface area contributed by atoms with E-state index in [-0.39, 0.29) is 25.2 Å². The van der Waals surface area contributed by atoms with E-state index in [0.29, 0.717) is 19.4 Å². The minimum Gasteiger partial charge on any atom is -0.462 e. The van der Waals surface area contributed by atoms with Gasteiger partial charge in [0.1, 0.15) is 6.61 Å². The lowest BCUT2D eigenvalue weighted by atomic mass is 10.0. The van der Waals surface area contributed by atoms with Crippen molar-refractivity contribution in [2.75, 3.05) is 19.8 Å². The van der Waals surface area contributed by atoms with Crippen molar-refractivity contribution in [1.82, 2.24) is 0 Å². The smallest absolute Gasteiger partial charge is 0.306 e. The fourth-order valence-electron chi connectivity index (χ4n) is 6.70. The summed E-state index contributed by atoms with van der Waals surface area (Å²) in [5.41, 5.74) is 0. The Kier molecular flexibility index (Phi) is 43.9. The molecule has 0 saturated carbocycles. The van der Waals surface area contributed by atoms with Gasteiger partial charge in [0.05, 0.1) is 6.61 Å². The molecule has 0 radical (unpaired) electrons. The summed E-state index contributed by atoms with van der Waals surface area (Å²) in [5.74, 6) is -0.424. The highest BCUT2D eigenvalue weighted by Crippen LogP contribution is 2.15. The lowest BCUT2D eigenvalue weighted by molar-refractivity contribution is -0.163. The van der Waals surface area contributed by atoms with E-state index in [1.807, 2.05) is 0 Å². The van der Waals surface area contributed by atoms with Crippen LogP contribution in [0.25, 0.3) is 0 Å². The third-order valence-electron chi connectivity index (χ3n) is 10.2. The van der Waals surface area contributed by atoms with E-state index in [9.17, 15) is 9.59 Å². The third kappa shape index (κ3) is 42.9. The molecule has 316 valence electrons. The molecule has 0 heterocycles. The summed E-state index contributed by atoms with van der Waals surface area (Å²) < 4.78 is 17.2. The number of unbranched alkanes of at least 4 members (excludes halogenated alkanes) is 26. The van der Waals surface area contributed by atoms with E-state index in [2.05, 4.69) is 57.2 Å². The van der Waals surface area contributed by atoms with Gasteiger partial charge in [-0.05, 0) is 51.4 Å². The standard InChI is InChI=1S/C49H90O5/c1-4-7-10-13-16-18-20-22-23-24-25-26-27-29-30-32-34-36-39-42-48(50)53-46-47(45-52-44-41-38-15-12-9-6-3)54-49(51)43-40-37-35-33-31-28-21-19-17-14-11-8-5-2/h8,11,17,19,28,31,47H,4-7,9-10,12-16,18,20-27,29-30,32-46H2,1-3H3/b11-8-,19-17-,31-28-. The third-order valence-corrected chi connectivity index (χ3v) is 10.2. The van der Waals surface area contributed by atoms with Crippen molar-refractivity contribution in [3.63, 3.8) is 0 Å². The van der Waals surface area contributed by atoms with Crippen LogP contribution in [0.3, 0.4) is 0 Å². The molecule has 1 atom stereocenters. The zero-order chi connectivity index (χ0) is 39.3. The lowest BCUT2D eigenvalue weighted by Gasteiger charge is -2.18. The summed E-state index contributed by atoms with van der Waals surface area (Å²) in [6.45, 7) is 7.67. The van der Waals surface area contributed by atoms with Gasteiger partial charge in [0.25, 0.3) is 0 Å². The zero-order valence-corrected chi connectivity index (χ0v) is 36.2. The summed E-state index contributed by atoms with van der Waals surface area (Å²) in [7, 11) is 0. The van der Waals surface area contributed by atoms with Crippen LogP contribution in [0.15, 0.2) is 36.5 Å². The van der Waals surface area contributed by atoms with Gasteiger partial charge in [0, 0.05) is 19.4 Å². The summed E-state index contributed by atoms with van der Waals surface area (Å²) in [4.78, 5) is 25.2. The highest BCUT2D eigenvalue weighted by atomic mass is 16.6. The predicted molar refractivity (Wildman–Crippen MR) is 233 cm³/mol. The monoisotopic (exact) mass is 759 g/mol. The minimum atomic E-state index is -0.542. The first-order chi connectivity index (χ1) is 26.6. The maximum Gasteiger partial charge on any atom is 0.306 e. The molecule has 0 saturated heterocycles. The molecular formula is C49H90O5. The molecule has 0 aliphatic heterocycles. The molecule has 0 rings (SSSR count). The van der Waals surface area contributed by atoms with Gasteiger partial charge in [0.15, 0.2) is 6.10 Å². The second kappa shape index (κ2) is 45.5. The summed E-state index contributed by atoms with van der Waals surface area (Å²) in [5, 5.41) is 0. The molecule has 54 heavy (non-hydrogen) atoms. The molecule has 0 aliphatic rings. The molecule has 0 N–H and O–H groups in total. The Bertz CT molecular complexity index is 862. The van der Waals surface area contributed by atoms with E-state index in [4.69, 9.17) is 14.2 Å². The molecular weight excluding hydrogens is 669 g/mol. The van der Waals surface area contributed by atoms with Crippen LogP contribution in [0.4, 0.5) is 0 Å². The molecule has 5 nitrogen and oxygen atoms in total. The number of hydrogen-bond acceptors (Lipinski definition) is 5. The highest BCUT2D eigenvalue weighted by Gasteiger charge is 2.17. The van der Waals surface area contributed by atoms with Crippen LogP contribution >= 0.6 is 0 Å². The SMILES string of the molecule is CC/C=C\C/C=C\C/C=C\CCCCCC(=O)OC(COCCCCCCCC)COC(=O)CCCCCCCCCCCCCCCCCCCCC. The molecule has 0 amide bonds. The van der Waals surface area contributed by atoms with Crippen LogP contribution in [0.2, 0.25) is 0 Å². The average Bonchev–Trinajstić information content (AvgIpc) is 3.17. The number of esters is 2. The number of hydrogen-bond donors (Lipinski definition) is 0. The topological polar surface area (TPSA) is 61.8 Å². The summed E-state index contributed by atoms with van der Waals surface area (Å²) >= 11 is 0. The minimum absolute atomic E-state index is 0.0777. The summed E-state index contributed by atoms with van der Waals surface area (Å²) in [6.07, 6.45) is 53.1. The van der Waals surface area contributed by atoms with Gasteiger partial charge >= 0.3 is 11.9 Å². The second-order valence-electron chi connectivity index (χ2n) is 15.6. The average molecular weight is 759 g/mol. The van der Waals surface area contributed by atoms with Crippen LogP contribution < -0.4 is 0 Å². The Labute approximate surface area is 336 Å². The summed E-state index contributed by atoms with van der Waals surface area (Å²) in [6, 6.07) is 0. The Balaban J connectivity index is 4.06. The lowest BCUT2D eigenvalue weighted by Crippen LogP contribution is -2.30. The van der Waals surface area contributed by atoms with Crippen LogP contribution in [-0.4, -0.2) is 37.9 Å². The largest absolute Gasteiger partial charge is 0.462 e. The number of carbonyl (C=O) groups excluding carboxylic acids is 2. The fourth-order valence-corrected chi connectivity index (χ4v) is 6.70. The van der Waals surface area contributed by atoms with Gasteiger partial charge in [-0.1, -0.05) is 211 Å². The highest BCUT2D eigenvalue weighted by molar-refractivity contribution is 5.70. The first-order valence-electron chi connectivity index (χ1n) is 23.5. The Hall–Kier alpha value is -1.88. The number of carbonyl (C=O) groups is 2. The second-order valence-corrected chi connectivity index (χ2v) is 15.6. The molecule has 5 heteroatoms. The molecule has 0 aromatic carbocycles. The number of allylic oxidation sites excluding steroid dienone is 6. The fraction of sp³-hybridized carbons (Fsp3) is 0.837. The zero-order valence-electron chi connectivity index (χ0n) is 36.2. The molecule has 0 bridgehead atoms. The van der Waals surface area contributed by atoms with E-state index in [1.165, 1.54) is 135 Å². The van der Waals surface area contributed by atoms with Crippen LogP contribution in [0.1, 0.15) is 239 Å². The van der Waals surface area contributed by atoms with E-state index >= 15 is 0 Å². The van der Waals surface area contributed by atoms with Crippen LogP contribution in [-0.2, 0) is 23.8 Å². The quantitative estimate of drug-likeness (QED) is 0.0352. The van der Waals surface area contributed by atoms with Gasteiger partial charge in [-0.3, -0.25) is 9.59 Å². The first-order valence-corrected chi connectivity index (χ1v) is 23.5. The van der Waals surface area contributed by atoms with Gasteiger partial charge in [0.2, 0.25) is 0 Å². The predicted octanol–water partition coefficient (Wildman–Crippen LogP) is 15.4. The number of ether oxygens (including phenoxy) is 3. The van der Waals surface area contributed by atoms with E-state index in [0.717, 1.165) is 70.6 Å². The molecule has 0 aliphatic carbocycles. The van der Waals surface area contributed by atoms with Gasteiger partial charge in [-0.25, -0.2) is 0 Å². The first kappa shape index (κ1) is 52.1. The van der Waals surface area contributed by atoms with Gasteiger partial charge in [-0.15, -0.1) is 0 Å². The Morgan fingerprint density at radius 1 is 0.426 bits per heavy atom. The van der Waals surface area contributed by atoms with E-state index < -0.39 is 6.10 Å². The van der Waals surface area contributed by atoms with Gasteiger partial charge in [-0.2, -0.15) is 0 Å². The van der Waals surface area contributed by atoms with Crippen molar-refractivity contribution in [2.45, 2.75) is 245 Å². The van der Waals surface area contributed by atoms with Crippen molar-refractivity contribution in [3.8, 4) is 0 Å². The van der Waals surface area contributed by atoms with Crippen molar-refractivity contribution in [2.24, 2.45) is 0 Å². The maximum absolute atomic E-state index is 12.7. The maximum atomic E-state index is 12.7. The Morgan fingerprint density at radius 3 is 1.33 bits per heavy atom. The molecule has 0 fully saturated rings. The van der Waals surface area contributed by atoms with Crippen molar-refractivity contribution in [1.29, 1.82) is 0 Å². The van der Waals surface area contributed by atoms with E-state index in [1.54, 1.807) is 0 Å². The molecule has 0 aromatic heterocycles. The van der Waals surface area contributed by atoms with Crippen molar-refractivity contribution in [3.05, 3.63) is 36.5 Å². The Morgan fingerprint density at radius 2 is 0.833 bits per heavy atom. The van der Waals surface area contributed by atoms with Gasteiger partial charge < -0.3 is 14.2 Å². The van der Waals surface area contributed by atoms with Crippen LogP contribution in [0, 0.1) is 0 Å². The van der Waals surface area contributed by atoms with Crippen molar-refractivity contribution >= 4 is 11.9 Å². The molecule has 1 unspecified atom stereocenters. The molecule has 0 aromatic rings. The number of rotatable bonds is 43. The van der Waals surface area contributed by atoms with Crippen molar-refractivity contribution < 1.29 is 23.8 Å².